The highest BCUT2D eigenvalue weighted by atomic mass is 19.1. The molecule has 0 saturated carbocycles. The van der Waals surface area contributed by atoms with Crippen LogP contribution in [0.25, 0.3) is 11.4 Å². The van der Waals surface area contributed by atoms with Gasteiger partial charge >= 0.3 is 0 Å². The predicted molar refractivity (Wildman–Crippen MR) is 105 cm³/mol. The lowest BCUT2D eigenvalue weighted by Crippen LogP contribution is -2.40. The van der Waals surface area contributed by atoms with E-state index in [4.69, 9.17) is 4.52 Å². The Kier molecular flexibility index (Phi) is 5.62. The predicted octanol–water partition coefficient (Wildman–Crippen LogP) is 3.43. The molecular formula is C21H22FN5O2. The number of nitrogens with one attached hydrogen (secondary N) is 1. The van der Waals surface area contributed by atoms with Gasteiger partial charge in [0.15, 0.2) is 0 Å². The van der Waals surface area contributed by atoms with Crippen LogP contribution in [0.1, 0.15) is 24.3 Å². The van der Waals surface area contributed by atoms with Crippen LogP contribution in [0.15, 0.2) is 47.2 Å². The number of aryl methyl sites for hydroxylation is 1. The highest BCUT2D eigenvalue weighted by Gasteiger charge is 2.27. The van der Waals surface area contributed by atoms with Gasteiger partial charge in [-0.15, -0.1) is 0 Å². The number of likely N-dealkylation sites (tertiary alicyclic amines) is 1. The minimum absolute atomic E-state index is 0.0963. The van der Waals surface area contributed by atoms with E-state index in [-0.39, 0.29) is 17.6 Å². The van der Waals surface area contributed by atoms with Crippen LogP contribution in [-0.4, -0.2) is 39.0 Å². The van der Waals surface area contributed by atoms with Gasteiger partial charge in [-0.05, 0) is 56.1 Å². The molecule has 0 spiro atoms. The average Bonchev–Trinajstić information content (AvgIpc) is 3.20. The Morgan fingerprint density at radius 2 is 2.14 bits per heavy atom. The highest BCUT2D eigenvalue weighted by molar-refractivity contribution is 5.92. The number of rotatable bonds is 5. The molecule has 1 unspecified atom stereocenters. The van der Waals surface area contributed by atoms with Crippen LogP contribution in [0.4, 0.5) is 10.1 Å². The van der Waals surface area contributed by atoms with E-state index in [1.807, 2.05) is 12.1 Å². The largest absolute Gasteiger partial charge is 0.338 e. The van der Waals surface area contributed by atoms with Crippen molar-refractivity contribution in [1.82, 2.24) is 20.0 Å². The maximum Gasteiger partial charge on any atom is 0.241 e. The summed E-state index contributed by atoms with van der Waals surface area (Å²) in [4.78, 5) is 23.2. The number of anilines is 1. The van der Waals surface area contributed by atoms with Crippen molar-refractivity contribution in [2.45, 2.75) is 26.3 Å². The van der Waals surface area contributed by atoms with E-state index in [1.165, 1.54) is 6.07 Å². The lowest BCUT2D eigenvalue weighted by Gasteiger charge is -2.30. The Morgan fingerprint density at radius 3 is 2.93 bits per heavy atom. The second-order valence-electron chi connectivity index (χ2n) is 7.28. The van der Waals surface area contributed by atoms with Crippen molar-refractivity contribution in [3.63, 3.8) is 0 Å². The van der Waals surface area contributed by atoms with E-state index >= 15 is 0 Å². The van der Waals surface area contributed by atoms with Crippen molar-refractivity contribution in [1.29, 1.82) is 0 Å². The van der Waals surface area contributed by atoms with E-state index in [0.717, 1.165) is 24.9 Å². The molecule has 1 saturated heterocycles. The summed E-state index contributed by atoms with van der Waals surface area (Å²) in [5.74, 6) is 0.444. The third kappa shape index (κ3) is 4.65. The molecule has 1 aromatic carbocycles. The monoisotopic (exact) mass is 395 g/mol. The summed E-state index contributed by atoms with van der Waals surface area (Å²) in [7, 11) is 0. The molecule has 0 bridgehead atoms. The summed E-state index contributed by atoms with van der Waals surface area (Å²) >= 11 is 0. The fourth-order valence-electron chi connectivity index (χ4n) is 3.46. The fourth-order valence-corrected chi connectivity index (χ4v) is 3.46. The summed E-state index contributed by atoms with van der Waals surface area (Å²) in [6.07, 6.45) is 5.05. The maximum absolute atomic E-state index is 13.7. The zero-order valence-electron chi connectivity index (χ0n) is 16.1. The quantitative estimate of drug-likeness (QED) is 0.713. The number of aromatic nitrogens is 3. The Morgan fingerprint density at radius 1 is 1.31 bits per heavy atom. The number of pyridine rings is 1. The second kappa shape index (κ2) is 8.48. The van der Waals surface area contributed by atoms with Gasteiger partial charge in [0, 0.05) is 30.2 Å². The number of carbonyl (C=O) groups excluding carboxylic acids is 1. The fraction of sp³-hybridized carbons (Fsp3) is 0.333. The van der Waals surface area contributed by atoms with Crippen molar-refractivity contribution in [3.8, 4) is 11.4 Å². The molecule has 1 amide bonds. The number of amides is 1. The number of halogens is 1. The number of nitrogens with zero attached hydrogens (tertiary/aromatic N) is 4. The Bertz CT molecular complexity index is 992. The molecule has 3 aromatic rings. The average molecular weight is 395 g/mol. The van der Waals surface area contributed by atoms with Gasteiger partial charge in [0.25, 0.3) is 0 Å². The Balaban J connectivity index is 1.36. The standard InChI is InChI=1S/C21H22FN5O2/c1-14-4-5-17(11-18(14)22)24-21(28)16-3-2-10-27(12-16)13-19-25-20(26-29-19)15-6-8-23-9-7-15/h4-9,11,16H,2-3,10,12-13H2,1H3,(H,24,28). The van der Waals surface area contributed by atoms with Crippen LogP contribution >= 0.6 is 0 Å². The normalized spacial score (nSPS) is 17.2. The number of piperidine rings is 1. The van der Waals surface area contributed by atoms with E-state index in [0.29, 0.717) is 36.1 Å². The maximum atomic E-state index is 13.7. The van der Waals surface area contributed by atoms with E-state index in [2.05, 4.69) is 25.3 Å². The smallest absolute Gasteiger partial charge is 0.241 e. The van der Waals surface area contributed by atoms with Gasteiger partial charge in [-0.3, -0.25) is 14.7 Å². The molecule has 7 nitrogen and oxygen atoms in total. The number of benzene rings is 1. The molecular weight excluding hydrogens is 373 g/mol. The number of hydrogen-bond donors (Lipinski definition) is 1. The zero-order valence-corrected chi connectivity index (χ0v) is 16.1. The van der Waals surface area contributed by atoms with Gasteiger partial charge < -0.3 is 9.84 Å². The van der Waals surface area contributed by atoms with Crippen LogP contribution in [0.3, 0.4) is 0 Å². The molecule has 0 radical (unpaired) electrons. The van der Waals surface area contributed by atoms with Crippen LogP contribution in [-0.2, 0) is 11.3 Å². The molecule has 0 aliphatic carbocycles. The first kappa shape index (κ1) is 19.2. The van der Waals surface area contributed by atoms with Crippen molar-refractivity contribution in [2.75, 3.05) is 18.4 Å². The first-order valence-corrected chi connectivity index (χ1v) is 9.61. The second-order valence-corrected chi connectivity index (χ2v) is 7.28. The third-order valence-electron chi connectivity index (χ3n) is 5.08. The summed E-state index contributed by atoms with van der Waals surface area (Å²) in [5, 5.41) is 6.85. The summed E-state index contributed by atoms with van der Waals surface area (Å²) < 4.78 is 19.1. The summed E-state index contributed by atoms with van der Waals surface area (Å²) in [5.41, 5.74) is 1.88. The molecule has 8 heteroatoms. The third-order valence-corrected chi connectivity index (χ3v) is 5.08. The Hall–Kier alpha value is -3.13. The Labute approximate surface area is 168 Å². The molecule has 4 rings (SSSR count). The lowest BCUT2D eigenvalue weighted by molar-refractivity contribution is -0.121. The van der Waals surface area contributed by atoms with Gasteiger partial charge in [0.05, 0.1) is 12.5 Å². The first-order valence-electron chi connectivity index (χ1n) is 9.61. The zero-order chi connectivity index (χ0) is 20.2. The molecule has 1 aliphatic heterocycles. The van der Waals surface area contributed by atoms with Crippen molar-refractivity contribution < 1.29 is 13.7 Å². The van der Waals surface area contributed by atoms with Crippen molar-refractivity contribution in [3.05, 3.63) is 60.0 Å². The molecule has 1 aliphatic rings. The topological polar surface area (TPSA) is 84.2 Å². The highest BCUT2D eigenvalue weighted by Crippen LogP contribution is 2.22. The molecule has 1 N–H and O–H groups in total. The van der Waals surface area contributed by atoms with Crippen molar-refractivity contribution in [2.24, 2.45) is 5.92 Å². The van der Waals surface area contributed by atoms with Crippen LogP contribution < -0.4 is 5.32 Å². The summed E-state index contributed by atoms with van der Waals surface area (Å²) in [6, 6.07) is 8.38. The van der Waals surface area contributed by atoms with Crippen molar-refractivity contribution >= 4 is 11.6 Å². The van der Waals surface area contributed by atoms with E-state index in [9.17, 15) is 9.18 Å². The molecule has 29 heavy (non-hydrogen) atoms. The first-order chi connectivity index (χ1) is 14.1. The van der Waals surface area contributed by atoms with Crippen LogP contribution in [0, 0.1) is 18.7 Å². The van der Waals surface area contributed by atoms with E-state index < -0.39 is 0 Å². The van der Waals surface area contributed by atoms with Gasteiger partial charge in [0.1, 0.15) is 5.82 Å². The van der Waals surface area contributed by atoms with Crippen LogP contribution in [0.5, 0.6) is 0 Å². The molecule has 1 fully saturated rings. The lowest BCUT2D eigenvalue weighted by atomic mass is 9.97. The van der Waals surface area contributed by atoms with Gasteiger partial charge in [0.2, 0.25) is 17.6 Å². The summed E-state index contributed by atoms with van der Waals surface area (Å²) in [6.45, 7) is 3.63. The molecule has 3 heterocycles. The molecule has 150 valence electrons. The molecule has 2 aromatic heterocycles. The SMILES string of the molecule is Cc1ccc(NC(=O)C2CCCN(Cc3nc(-c4ccncc4)no3)C2)cc1F. The minimum Gasteiger partial charge on any atom is -0.338 e. The van der Waals surface area contributed by atoms with Gasteiger partial charge in [-0.25, -0.2) is 4.39 Å². The van der Waals surface area contributed by atoms with E-state index in [1.54, 1.807) is 31.5 Å². The van der Waals surface area contributed by atoms with Crippen LogP contribution in [0.2, 0.25) is 0 Å². The van der Waals surface area contributed by atoms with Gasteiger partial charge in [-0.1, -0.05) is 11.2 Å². The number of carbonyl (C=O) groups is 1. The molecule has 1 atom stereocenters. The van der Waals surface area contributed by atoms with Gasteiger partial charge in [-0.2, -0.15) is 4.98 Å². The number of hydrogen-bond acceptors (Lipinski definition) is 6. The minimum atomic E-state index is -0.325.